The summed E-state index contributed by atoms with van der Waals surface area (Å²) in [6.07, 6.45) is 3.94. The maximum atomic E-state index is 13.6. The Balaban J connectivity index is 2.05. The number of aromatic nitrogens is 2. The molecule has 0 spiro atoms. The van der Waals surface area contributed by atoms with Crippen molar-refractivity contribution in [3.05, 3.63) is 53.1 Å². The molecule has 0 unspecified atom stereocenters. The molecule has 0 radical (unpaired) electrons. The van der Waals surface area contributed by atoms with Gasteiger partial charge >= 0.3 is 0 Å². The standard InChI is InChI=1S/C14H15ClFN3O/c1-2-13(19-8-4-7-18-19)14(20)17-9-10-11(15)5-3-6-12(10)16/h3-8,13H,2,9H2,1H3,(H,17,20)/t13-/m1/s1. The Bertz CT molecular complexity index is 566. The van der Waals surface area contributed by atoms with E-state index in [4.69, 9.17) is 11.6 Å². The van der Waals surface area contributed by atoms with Gasteiger partial charge in [0.1, 0.15) is 11.9 Å². The van der Waals surface area contributed by atoms with Gasteiger partial charge in [0.05, 0.1) is 0 Å². The predicted molar refractivity (Wildman–Crippen MR) is 74.8 cm³/mol. The van der Waals surface area contributed by atoms with Gasteiger partial charge < -0.3 is 5.32 Å². The van der Waals surface area contributed by atoms with Gasteiger partial charge in [-0.2, -0.15) is 5.10 Å². The predicted octanol–water partition coefficient (Wildman–Crippen LogP) is 2.94. The number of halogens is 2. The average Bonchev–Trinajstić information content (AvgIpc) is 2.93. The van der Waals surface area contributed by atoms with E-state index >= 15 is 0 Å². The zero-order valence-electron chi connectivity index (χ0n) is 11.0. The zero-order chi connectivity index (χ0) is 14.5. The van der Waals surface area contributed by atoms with E-state index in [0.717, 1.165) is 0 Å². The Labute approximate surface area is 121 Å². The van der Waals surface area contributed by atoms with Crippen LogP contribution in [-0.4, -0.2) is 15.7 Å². The van der Waals surface area contributed by atoms with Gasteiger partial charge in [0.15, 0.2) is 0 Å². The maximum absolute atomic E-state index is 13.6. The van der Waals surface area contributed by atoms with E-state index < -0.39 is 11.9 Å². The molecule has 0 bridgehead atoms. The first-order valence-corrected chi connectivity index (χ1v) is 6.71. The third-order valence-electron chi connectivity index (χ3n) is 3.03. The van der Waals surface area contributed by atoms with Gasteiger partial charge in [-0.25, -0.2) is 4.39 Å². The summed E-state index contributed by atoms with van der Waals surface area (Å²) in [5.41, 5.74) is 0.290. The van der Waals surface area contributed by atoms with E-state index in [1.54, 1.807) is 29.2 Å². The van der Waals surface area contributed by atoms with Crippen LogP contribution in [-0.2, 0) is 11.3 Å². The quantitative estimate of drug-likeness (QED) is 0.922. The fourth-order valence-electron chi connectivity index (χ4n) is 1.95. The SMILES string of the molecule is CC[C@H](C(=O)NCc1c(F)cccc1Cl)n1cccn1. The van der Waals surface area contributed by atoms with Gasteiger partial charge in [-0.3, -0.25) is 9.48 Å². The smallest absolute Gasteiger partial charge is 0.245 e. The molecule has 0 aliphatic heterocycles. The number of hydrogen-bond acceptors (Lipinski definition) is 2. The van der Waals surface area contributed by atoms with Gasteiger partial charge in [-0.05, 0) is 24.6 Å². The summed E-state index contributed by atoms with van der Waals surface area (Å²) >= 11 is 5.92. The van der Waals surface area contributed by atoms with Crippen molar-refractivity contribution in [1.82, 2.24) is 15.1 Å². The summed E-state index contributed by atoms with van der Waals surface area (Å²) in [5.74, 6) is -0.638. The minimum Gasteiger partial charge on any atom is -0.350 e. The molecule has 1 atom stereocenters. The molecule has 0 saturated heterocycles. The number of amides is 1. The molecule has 1 heterocycles. The summed E-state index contributed by atoms with van der Waals surface area (Å²) in [7, 11) is 0. The Morgan fingerprint density at radius 2 is 2.30 bits per heavy atom. The Morgan fingerprint density at radius 3 is 2.90 bits per heavy atom. The highest BCUT2D eigenvalue weighted by Gasteiger charge is 2.19. The summed E-state index contributed by atoms with van der Waals surface area (Å²) in [5, 5.41) is 7.05. The van der Waals surface area contributed by atoms with Crippen LogP contribution in [0.3, 0.4) is 0 Å². The molecule has 0 fully saturated rings. The monoisotopic (exact) mass is 295 g/mol. The number of benzene rings is 1. The number of carbonyl (C=O) groups is 1. The molecule has 0 aliphatic carbocycles. The van der Waals surface area contributed by atoms with Crippen molar-refractivity contribution in [2.75, 3.05) is 0 Å². The molecule has 2 aromatic rings. The van der Waals surface area contributed by atoms with E-state index in [-0.39, 0.29) is 18.0 Å². The molecule has 6 heteroatoms. The second-order valence-electron chi connectivity index (χ2n) is 4.33. The average molecular weight is 296 g/mol. The van der Waals surface area contributed by atoms with Crippen LogP contribution in [0.5, 0.6) is 0 Å². The van der Waals surface area contributed by atoms with Gasteiger partial charge in [0.25, 0.3) is 0 Å². The summed E-state index contributed by atoms with van der Waals surface area (Å²) in [6.45, 7) is 1.95. The number of hydrogen-bond donors (Lipinski definition) is 1. The molecule has 1 amide bonds. The van der Waals surface area contributed by atoms with Gasteiger partial charge in [-0.15, -0.1) is 0 Å². The zero-order valence-corrected chi connectivity index (χ0v) is 11.8. The highest BCUT2D eigenvalue weighted by molar-refractivity contribution is 6.31. The molecule has 20 heavy (non-hydrogen) atoms. The summed E-state index contributed by atoms with van der Waals surface area (Å²) in [6, 6.07) is 5.79. The van der Waals surface area contributed by atoms with E-state index in [1.807, 2.05) is 6.92 Å². The molecule has 4 nitrogen and oxygen atoms in total. The minimum atomic E-state index is -0.426. The Morgan fingerprint density at radius 1 is 1.50 bits per heavy atom. The van der Waals surface area contributed by atoms with Gasteiger partial charge in [0.2, 0.25) is 5.91 Å². The van der Waals surface area contributed by atoms with Crippen LogP contribution in [0.15, 0.2) is 36.7 Å². The van der Waals surface area contributed by atoms with Crippen molar-refractivity contribution in [1.29, 1.82) is 0 Å². The number of nitrogens with one attached hydrogen (secondary N) is 1. The van der Waals surface area contributed by atoms with Crippen LogP contribution >= 0.6 is 11.6 Å². The normalized spacial score (nSPS) is 12.2. The van der Waals surface area contributed by atoms with Crippen molar-refractivity contribution >= 4 is 17.5 Å². The first-order valence-electron chi connectivity index (χ1n) is 6.33. The maximum Gasteiger partial charge on any atom is 0.245 e. The largest absolute Gasteiger partial charge is 0.350 e. The van der Waals surface area contributed by atoms with Crippen LogP contribution in [0.1, 0.15) is 24.9 Å². The first-order chi connectivity index (χ1) is 9.63. The second kappa shape index (κ2) is 6.52. The third kappa shape index (κ3) is 3.17. The van der Waals surface area contributed by atoms with Crippen LogP contribution in [0.4, 0.5) is 4.39 Å². The van der Waals surface area contributed by atoms with Gasteiger partial charge in [-0.1, -0.05) is 24.6 Å². The fraction of sp³-hybridized carbons (Fsp3) is 0.286. The Kier molecular flexibility index (Phi) is 4.74. The molecular formula is C14H15ClFN3O. The molecule has 1 N–H and O–H groups in total. The van der Waals surface area contributed by atoms with Crippen molar-refractivity contribution in [3.63, 3.8) is 0 Å². The highest BCUT2D eigenvalue weighted by Crippen LogP contribution is 2.19. The Hall–Kier alpha value is -1.88. The van der Waals surface area contributed by atoms with Crippen molar-refractivity contribution in [2.24, 2.45) is 0 Å². The minimum absolute atomic E-state index is 0.0576. The van der Waals surface area contributed by atoms with Crippen LogP contribution in [0.25, 0.3) is 0 Å². The number of carbonyl (C=O) groups excluding carboxylic acids is 1. The lowest BCUT2D eigenvalue weighted by Gasteiger charge is -2.16. The first kappa shape index (κ1) is 14.5. The summed E-state index contributed by atoms with van der Waals surface area (Å²) < 4.78 is 15.2. The lowest BCUT2D eigenvalue weighted by molar-refractivity contribution is -0.124. The number of rotatable bonds is 5. The summed E-state index contributed by atoms with van der Waals surface area (Å²) in [4.78, 5) is 12.1. The second-order valence-corrected chi connectivity index (χ2v) is 4.74. The van der Waals surface area contributed by atoms with Crippen LogP contribution < -0.4 is 5.32 Å². The lowest BCUT2D eigenvalue weighted by Crippen LogP contribution is -2.32. The van der Waals surface area contributed by atoms with Crippen LogP contribution in [0.2, 0.25) is 5.02 Å². The highest BCUT2D eigenvalue weighted by atomic mass is 35.5. The molecule has 2 rings (SSSR count). The van der Waals surface area contributed by atoms with Crippen LogP contribution in [0, 0.1) is 5.82 Å². The molecule has 0 saturated carbocycles. The molecular weight excluding hydrogens is 281 g/mol. The van der Waals surface area contributed by atoms with E-state index in [0.29, 0.717) is 11.4 Å². The van der Waals surface area contributed by atoms with Crippen molar-refractivity contribution in [3.8, 4) is 0 Å². The topological polar surface area (TPSA) is 46.9 Å². The molecule has 1 aromatic heterocycles. The third-order valence-corrected chi connectivity index (χ3v) is 3.39. The molecule has 106 valence electrons. The van der Waals surface area contributed by atoms with E-state index in [9.17, 15) is 9.18 Å². The van der Waals surface area contributed by atoms with E-state index in [2.05, 4.69) is 10.4 Å². The number of nitrogens with zero attached hydrogens (tertiary/aromatic N) is 2. The van der Waals surface area contributed by atoms with Crippen molar-refractivity contribution < 1.29 is 9.18 Å². The lowest BCUT2D eigenvalue weighted by atomic mass is 10.2. The van der Waals surface area contributed by atoms with Gasteiger partial charge in [0, 0.05) is 29.5 Å². The molecule has 0 aliphatic rings. The molecule has 1 aromatic carbocycles. The fourth-order valence-corrected chi connectivity index (χ4v) is 2.18. The van der Waals surface area contributed by atoms with Crippen molar-refractivity contribution in [2.45, 2.75) is 25.9 Å². The van der Waals surface area contributed by atoms with E-state index in [1.165, 1.54) is 12.1 Å².